The first-order valence-electron chi connectivity index (χ1n) is 11.6. The number of hydrogen-bond donors (Lipinski definition) is 4. The van der Waals surface area contributed by atoms with E-state index >= 15 is 0 Å². The highest BCUT2D eigenvalue weighted by atomic mass is 31.2. The van der Waals surface area contributed by atoms with Crippen LogP contribution in [0.5, 0.6) is 0 Å². The Labute approximate surface area is 182 Å². The van der Waals surface area contributed by atoms with Gasteiger partial charge in [-0.1, -0.05) is 19.3 Å². The lowest BCUT2D eigenvalue weighted by atomic mass is 9.93. The van der Waals surface area contributed by atoms with Crippen LogP contribution >= 0.6 is 7.14 Å². The largest absolute Gasteiger partial charge is 0.395 e. The fourth-order valence-corrected chi connectivity index (χ4v) is 7.60. The van der Waals surface area contributed by atoms with Crippen molar-refractivity contribution in [2.45, 2.75) is 99.9 Å². The molecule has 11 heteroatoms. The van der Waals surface area contributed by atoms with Crippen LogP contribution in [0, 0.1) is 5.92 Å². The van der Waals surface area contributed by atoms with Gasteiger partial charge in [0.05, 0.1) is 25.3 Å². The maximum atomic E-state index is 13.7. The molecule has 0 aliphatic carbocycles. The predicted molar refractivity (Wildman–Crippen MR) is 114 cm³/mol. The summed E-state index contributed by atoms with van der Waals surface area (Å²) in [5.74, 6) is -1.56. The van der Waals surface area contributed by atoms with E-state index in [1.807, 2.05) is 13.3 Å². The molecule has 0 aromatic carbocycles. The fourth-order valence-electron chi connectivity index (χ4n) is 5.91. The minimum atomic E-state index is -4.33. The second-order valence-corrected chi connectivity index (χ2v) is 13.7. The highest BCUT2D eigenvalue weighted by Crippen LogP contribution is 2.49. The molecule has 0 saturated carbocycles. The number of ether oxygens (including phenoxy) is 1. The van der Waals surface area contributed by atoms with E-state index in [1.165, 1.54) is 0 Å². The van der Waals surface area contributed by atoms with E-state index in [0.29, 0.717) is 18.9 Å². The van der Waals surface area contributed by atoms with E-state index in [1.54, 1.807) is 0 Å². The zero-order valence-electron chi connectivity index (χ0n) is 18.4. The van der Waals surface area contributed by atoms with Gasteiger partial charge >= 0.3 is 6.18 Å². The molecule has 4 saturated heterocycles. The van der Waals surface area contributed by atoms with E-state index in [-0.39, 0.29) is 30.3 Å². The van der Waals surface area contributed by atoms with Crippen LogP contribution in [0.2, 0.25) is 0 Å². The Balaban J connectivity index is 1.62. The van der Waals surface area contributed by atoms with Crippen molar-refractivity contribution >= 4 is 7.14 Å². The lowest BCUT2D eigenvalue weighted by Crippen LogP contribution is -2.70. The summed E-state index contributed by atoms with van der Waals surface area (Å²) in [4.78, 5) is 2.45. The number of nitrogens with one attached hydrogen (secondary N) is 3. The third-order valence-electron chi connectivity index (χ3n) is 7.61. The Bertz CT molecular complexity index is 678. The van der Waals surface area contributed by atoms with Crippen molar-refractivity contribution in [3.63, 3.8) is 0 Å². The SMILES string of the molecule is CP(C)(=O)C1CC(N)C2NC1N1CCC[C@H]1CCCCCC(C(F)(F)F)C1NNC2O1. The molecule has 0 amide bonds. The smallest absolute Gasteiger partial charge is 0.340 e. The second-order valence-electron chi connectivity index (χ2n) is 10.1. The summed E-state index contributed by atoms with van der Waals surface area (Å²) < 4.78 is 60.2. The molecule has 5 N–H and O–H groups in total. The van der Waals surface area contributed by atoms with Crippen LogP contribution in [0.4, 0.5) is 13.2 Å². The number of hydrazine groups is 1. The highest BCUT2D eigenvalue weighted by molar-refractivity contribution is 7.63. The molecule has 180 valence electrons. The topological polar surface area (TPSA) is 91.7 Å². The zero-order valence-corrected chi connectivity index (χ0v) is 19.3. The van der Waals surface area contributed by atoms with Crippen LogP contribution in [0.25, 0.3) is 0 Å². The number of rotatable bonds is 1. The van der Waals surface area contributed by atoms with Gasteiger partial charge in [-0.3, -0.25) is 10.2 Å². The zero-order chi connectivity index (χ0) is 22.4. The molecule has 0 spiro atoms. The summed E-state index contributed by atoms with van der Waals surface area (Å²) in [5, 5.41) is 3.59. The number of halogens is 3. The molecular weight excluding hydrogens is 430 g/mol. The summed E-state index contributed by atoms with van der Waals surface area (Å²) in [6.45, 7) is 4.58. The van der Waals surface area contributed by atoms with Gasteiger partial charge in [-0.2, -0.15) is 13.2 Å². The van der Waals surface area contributed by atoms with Crippen molar-refractivity contribution in [1.29, 1.82) is 0 Å². The molecule has 0 radical (unpaired) electrons. The maximum Gasteiger partial charge on any atom is 0.395 e. The predicted octanol–water partition coefficient (Wildman–Crippen LogP) is 2.38. The van der Waals surface area contributed by atoms with E-state index in [2.05, 4.69) is 21.1 Å². The lowest BCUT2D eigenvalue weighted by Gasteiger charge is -2.49. The molecule has 4 bridgehead atoms. The van der Waals surface area contributed by atoms with Crippen LogP contribution in [0.15, 0.2) is 0 Å². The fraction of sp³-hybridized carbons (Fsp3) is 1.00. The third kappa shape index (κ3) is 5.15. The van der Waals surface area contributed by atoms with Gasteiger partial charge in [0.25, 0.3) is 0 Å². The minimum absolute atomic E-state index is 0.0493. The number of hydrogen-bond acceptors (Lipinski definition) is 7. The Morgan fingerprint density at radius 2 is 1.71 bits per heavy atom. The molecule has 8 atom stereocenters. The van der Waals surface area contributed by atoms with Gasteiger partial charge in [0.1, 0.15) is 12.5 Å². The van der Waals surface area contributed by atoms with E-state index in [0.717, 1.165) is 38.6 Å². The van der Waals surface area contributed by atoms with E-state index in [4.69, 9.17) is 10.5 Å². The number of nitrogens with zero attached hydrogens (tertiary/aromatic N) is 1. The van der Waals surface area contributed by atoms with Crippen LogP contribution in [-0.4, -0.2) is 73.4 Å². The Morgan fingerprint density at radius 3 is 2.42 bits per heavy atom. The number of alkyl halides is 3. The third-order valence-corrected chi connectivity index (χ3v) is 9.70. The van der Waals surface area contributed by atoms with Crippen LogP contribution in [0.1, 0.15) is 51.4 Å². The molecule has 0 aromatic rings. The highest BCUT2D eigenvalue weighted by Gasteiger charge is 2.52. The van der Waals surface area contributed by atoms with Gasteiger partial charge in [-0.15, -0.1) is 0 Å². The Morgan fingerprint density at radius 1 is 1.03 bits per heavy atom. The summed E-state index contributed by atoms with van der Waals surface area (Å²) >= 11 is 0. The molecule has 7 unspecified atom stereocenters. The molecule has 4 aliphatic heterocycles. The van der Waals surface area contributed by atoms with Crippen molar-refractivity contribution < 1.29 is 22.5 Å². The average Bonchev–Trinajstić information content (AvgIpc) is 3.31. The summed E-state index contributed by atoms with van der Waals surface area (Å²) in [7, 11) is -2.45. The molecule has 4 rings (SSSR count). The quantitative estimate of drug-likeness (QED) is 0.440. The summed E-state index contributed by atoms with van der Waals surface area (Å²) in [6.07, 6.45) is -0.314. The van der Waals surface area contributed by atoms with Crippen molar-refractivity contribution in [3.8, 4) is 0 Å². The standard InChI is InChI=1S/C20H37F3N5O2P/c1-31(2,29)15-11-14(24)16-19-27-26-18(30-19)13(20(21,22)23)9-5-3-4-7-12-8-6-10-28(12)17(15)25-16/h12-19,25-27H,3-11,24H2,1-2H3/t12-,13?,14?,15?,16?,17?,18?,19?/m1/s1. The maximum absolute atomic E-state index is 13.7. The van der Waals surface area contributed by atoms with Crippen molar-refractivity contribution in [1.82, 2.24) is 21.1 Å². The first-order chi connectivity index (χ1) is 14.6. The number of fused-ring (bicyclic) bond motifs is 7. The summed E-state index contributed by atoms with van der Waals surface area (Å²) in [5.41, 5.74) is 12.1. The second kappa shape index (κ2) is 9.20. The molecule has 4 heterocycles. The van der Waals surface area contributed by atoms with Crippen LogP contribution < -0.4 is 21.9 Å². The van der Waals surface area contributed by atoms with Gasteiger partial charge in [-0.05, 0) is 45.4 Å². The van der Waals surface area contributed by atoms with Gasteiger partial charge in [-0.25, -0.2) is 10.9 Å². The van der Waals surface area contributed by atoms with Gasteiger partial charge in [0.2, 0.25) is 0 Å². The molecular formula is C20H37F3N5O2P. The van der Waals surface area contributed by atoms with Crippen molar-refractivity contribution in [3.05, 3.63) is 0 Å². The molecule has 4 fully saturated rings. The minimum Gasteiger partial charge on any atom is -0.340 e. The first-order valence-corrected chi connectivity index (χ1v) is 14.3. The Kier molecular flexibility index (Phi) is 7.10. The molecule has 0 aromatic heterocycles. The first kappa shape index (κ1) is 23.9. The van der Waals surface area contributed by atoms with Gasteiger partial charge in [0.15, 0.2) is 0 Å². The lowest BCUT2D eigenvalue weighted by molar-refractivity contribution is -0.211. The average molecular weight is 468 g/mol. The molecule has 4 aliphatic rings. The Hall–Kier alpha value is -0.220. The number of piperidine rings is 1. The monoisotopic (exact) mass is 467 g/mol. The van der Waals surface area contributed by atoms with Crippen molar-refractivity contribution in [2.75, 3.05) is 19.9 Å². The van der Waals surface area contributed by atoms with Gasteiger partial charge in [0, 0.05) is 24.3 Å². The molecule has 7 nitrogen and oxygen atoms in total. The van der Waals surface area contributed by atoms with E-state index in [9.17, 15) is 17.7 Å². The van der Waals surface area contributed by atoms with Gasteiger partial charge < -0.3 is 15.0 Å². The number of nitrogens with two attached hydrogens (primary N) is 1. The van der Waals surface area contributed by atoms with Crippen LogP contribution in [0.3, 0.4) is 0 Å². The van der Waals surface area contributed by atoms with Crippen molar-refractivity contribution in [2.24, 2.45) is 11.7 Å². The summed E-state index contributed by atoms with van der Waals surface area (Å²) in [6, 6.07) is -0.375. The van der Waals surface area contributed by atoms with Crippen LogP contribution in [-0.2, 0) is 9.30 Å². The normalized spacial score (nSPS) is 43.4. The van der Waals surface area contributed by atoms with E-state index < -0.39 is 31.7 Å². The molecule has 31 heavy (non-hydrogen) atoms.